The highest BCUT2D eigenvalue weighted by Crippen LogP contribution is 2.28. The van der Waals surface area contributed by atoms with Crippen LogP contribution in [0, 0.1) is 12.7 Å². The molecule has 0 unspecified atom stereocenters. The summed E-state index contributed by atoms with van der Waals surface area (Å²) >= 11 is 6.04. The molecule has 1 aromatic heterocycles. The standard InChI is InChI=1S/C15H18ClFN4/c1-4-13-20-14(18-5-2)9(3)15(21-13)19-12-7-6-10(17)8-11(12)16/h6-8H,4-5H2,1-3H3,(H2,18,19,20,21). The van der Waals surface area contributed by atoms with E-state index >= 15 is 0 Å². The third kappa shape index (κ3) is 3.61. The number of benzene rings is 1. The van der Waals surface area contributed by atoms with Crippen LogP contribution in [-0.2, 0) is 6.42 Å². The molecule has 0 saturated carbocycles. The van der Waals surface area contributed by atoms with E-state index in [2.05, 4.69) is 20.6 Å². The van der Waals surface area contributed by atoms with Crippen molar-refractivity contribution in [1.82, 2.24) is 9.97 Å². The average molecular weight is 309 g/mol. The van der Waals surface area contributed by atoms with Crippen molar-refractivity contribution in [2.75, 3.05) is 17.2 Å². The number of aromatic nitrogens is 2. The van der Waals surface area contributed by atoms with Crippen LogP contribution in [0.3, 0.4) is 0 Å². The summed E-state index contributed by atoms with van der Waals surface area (Å²) in [5.74, 6) is 1.83. The van der Waals surface area contributed by atoms with Gasteiger partial charge in [0.15, 0.2) is 0 Å². The fraction of sp³-hybridized carbons (Fsp3) is 0.333. The van der Waals surface area contributed by atoms with Crippen LogP contribution in [0.5, 0.6) is 0 Å². The molecule has 0 spiro atoms. The van der Waals surface area contributed by atoms with Crippen molar-refractivity contribution in [2.45, 2.75) is 27.2 Å². The topological polar surface area (TPSA) is 49.8 Å². The molecular weight excluding hydrogens is 291 g/mol. The van der Waals surface area contributed by atoms with Gasteiger partial charge in [-0.05, 0) is 32.0 Å². The van der Waals surface area contributed by atoms with Gasteiger partial charge >= 0.3 is 0 Å². The zero-order valence-electron chi connectivity index (χ0n) is 12.3. The van der Waals surface area contributed by atoms with Gasteiger partial charge in [0.05, 0.1) is 10.7 Å². The Morgan fingerprint density at radius 3 is 2.52 bits per heavy atom. The van der Waals surface area contributed by atoms with E-state index in [-0.39, 0.29) is 5.82 Å². The summed E-state index contributed by atoms with van der Waals surface area (Å²) in [6.07, 6.45) is 0.727. The van der Waals surface area contributed by atoms with Crippen LogP contribution < -0.4 is 10.6 Å². The molecule has 0 fully saturated rings. The summed E-state index contributed by atoms with van der Waals surface area (Å²) in [5.41, 5.74) is 1.51. The van der Waals surface area contributed by atoms with Crippen LogP contribution in [0.15, 0.2) is 18.2 Å². The second kappa shape index (κ2) is 6.72. The summed E-state index contributed by atoms with van der Waals surface area (Å²) in [5, 5.41) is 6.68. The van der Waals surface area contributed by atoms with Crippen LogP contribution in [0.2, 0.25) is 5.02 Å². The van der Waals surface area contributed by atoms with Crippen molar-refractivity contribution in [3.8, 4) is 0 Å². The van der Waals surface area contributed by atoms with E-state index < -0.39 is 0 Å². The second-order valence-corrected chi connectivity index (χ2v) is 5.00. The first-order chi connectivity index (χ1) is 10.0. The van der Waals surface area contributed by atoms with Crippen LogP contribution >= 0.6 is 11.6 Å². The average Bonchev–Trinajstić information content (AvgIpc) is 2.46. The number of aryl methyl sites for hydroxylation is 1. The van der Waals surface area contributed by atoms with Gasteiger partial charge < -0.3 is 10.6 Å². The Labute approximate surface area is 128 Å². The quantitative estimate of drug-likeness (QED) is 0.864. The second-order valence-electron chi connectivity index (χ2n) is 4.60. The molecule has 1 heterocycles. The fourth-order valence-corrected chi connectivity index (χ4v) is 2.12. The lowest BCUT2D eigenvalue weighted by atomic mass is 10.2. The van der Waals surface area contributed by atoms with E-state index in [1.165, 1.54) is 12.1 Å². The fourth-order valence-electron chi connectivity index (χ4n) is 1.90. The molecule has 0 aliphatic heterocycles. The Bertz CT molecular complexity index is 646. The molecule has 0 aliphatic carbocycles. The molecule has 1 aromatic carbocycles. The van der Waals surface area contributed by atoms with Gasteiger partial charge in [-0.15, -0.1) is 0 Å². The van der Waals surface area contributed by atoms with Crippen LogP contribution in [0.4, 0.5) is 21.7 Å². The lowest BCUT2D eigenvalue weighted by Gasteiger charge is -2.15. The van der Waals surface area contributed by atoms with Crippen molar-refractivity contribution in [3.63, 3.8) is 0 Å². The number of halogens is 2. The van der Waals surface area contributed by atoms with Gasteiger partial charge in [0.2, 0.25) is 0 Å². The zero-order valence-corrected chi connectivity index (χ0v) is 13.1. The lowest BCUT2D eigenvalue weighted by Crippen LogP contribution is -2.09. The molecule has 2 aromatic rings. The summed E-state index contributed by atoms with van der Waals surface area (Å²) in [6, 6.07) is 4.22. The molecule has 6 heteroatoms. The monoisotopic (exact) mass is 308 g/mol. The van der Waals surface area contributed by atoms with E-state index in [1.807, 2.05) is 20.8 Å². The van der Waals surface area contributed by atoms with Crippen molar-refractivity contribution < 1.29 is 4.39 Å². The molecule has 21 heavy (non-hydrogen) atoms. The van der Waals surface area contributed by atoms with E-state index in [1.54, 1.807) is 6.07 Å². The largest absolute Gasteiger partial charge is 0.370 e. The van der Waals surface area contributed by atoms with Crippen LogP contribution in [0.25, 0.3) is 0 Å². The highest BCUT2D eigenvalue weighted by Gasteiger charge is 2.11. The molecule has 0 radical (unpaired) electrons. The number of rotatable bonds is 5. The summed E-state index contributed by atoms with van der Waals surface area (Å²) in [6.45, 7) is 6.71. The number of nitrogens with zero attached hydrogens (tertiary/aromatic N) is 2. The highest BCUT2D eigenvalue weighted by molar-refractivity contribution is 6.33. The minimum absolute atomic E-state index is 0.316. The maximum Gasteiger partial charge on any atom is 0.139 e. The SMILES string of the molecule is CCNc1nc(CC)nc(Nc2ccc(F)cc2Cl)c1C. The summed E-state index contributed by atoms with van der Waals surface area (Å²) in [4.78, 5) is 8.94. The summed E-state index contributed by atoms with van der Waals surface area (Å²) < 4.78 is 13.1. The number of nitrogens with one attached hydrogen (secondary N) is 2. The maximum atomic E-state index is 13.1. The lowest BCUT2D eigenvalue weighted by molar-refractivity contribution is 0.628. The molecule has 4 nitrogen and oxygen atoms in total. The first kappa shape index (κ1) is 15.5. The van der Waals surface area contributed by atoms with Gasteiger partial charge in [-0.2, -0.15) is 0 Å². The zero-order chi connectivity index (χ0) is 15.4. The smallest absolute Gasteiger partial charge is 0.139 e. The molecular formula is C15H18ClFN4. The normalized spacial score (nSPS) is 10.5. The van der Waals surface area contributed by atoms with Crippen LogP contribution in [-0.4, -0.2) is 16.5 Å². The Morgan fingerprint density at radius 2 is 1.90 bits per heavy atom. The third-order valence-corrected chi connectivity index (χ3v) is 3.35. The maximum absolute atomic E-state index is 13.1. The first-order valence-electron chi connectivity index (χ1n) is 6.88. The van der Waals surface area contributed by atoms with E-state index in [0.717, 1.165) is 30.2 Å². The van der Waals surface area contributed by atoms with E-state index in [0.29, 0.717) is 16.5 Å². The van der Waals surface area contributed by atoms with Crippen molar-refractivity contribution >= 4 is 28.9 Å². The minimum atomic E-state index is -0.368. The van der Waals surface area contributed by atoms with Gasteiger partial charge in [0.25, 0.3) is 0 Å². The van der Waals surface area contributed by atoms with Gasteiger partial charge in [-0.3, -0.25) is 0 Å². The van der Waals surface area contributed by atoms with Crippen molar-refractivity contribution in [2.24, 2.45) is 0 Å². The van der Waals surface area contributed by atoms with Gasteiger partial charge in [-0.25, -0.2) is 14.4 Å². The molecule has 112 valence electrons. The first-order valence-corrected chi connectivity index (χ1v) is 7.26. The molecule has 2 N–H and O–H groups in total. The number of anilines is 3. The van der Waals surface area contributed by atoms with Gasteiger partial charge in [0.1, 0.15) is 23.3 Å². The molecule has 0 aliphatic rings. The number of hydrogen-bond acceptors (Lipinski definition) is 4. The predicted octanol–water partition coefficient (Wildman–Crippen LogP) is 4.32. The van der Waals surface area contributed by atoms with Gasteiger partial charge in [0, 0.05) is 18.5 Å². The molecule has 0 amide bonds. The summed E-state index contributed by atoms with van der Waals surface area (Å²) in [7, 11) is 0. The minimum Gasteiger partial charge on any atom is -0.370 e. The Hall–Kier alpha value is -1.88. The molecule has 0 saturated heterocycles. The molecule has 0 bridgehead atoms. The van der Waals surface area contributed by atoms with Crippen molar-refractivity contribution in [1.29, 1.82) is 0 Å². The van der Waals surface area contributed by atoms with E-state index in [4.69, 9.17) is 11.6 Å². The van der Waals surface area contributed by atoms with E-state index in [9.17, 15) is 4.39 Å². The number of hydrogen-bond donors (Lipinski definition) is 2. The van der Waals surface area contributed by atoms with Crippen molar-refractivity contribution in [3.05, 3.63) is 40.4 Å². The highest BCUT2D eigenvalue weighted by atomic mass is 35.5. The molecule has 0 atom stereocenters. The Morgan fingerprint density at radius 1 is 1.19 bits per heavy atom. The predicted molar refractivity (Wildman–Crippen MR) is 85.0 cm³/mol. The van der Waals surface area contributed by atoms with Gasteiger partial charge in [-0.1, -0.05) is 18.5 Å². The Balaban J connectivity index is 2.40. The Kier molecular flexibility index (Phi) is 4.96. The van der Waals surface area contributed by atoms with Crippen LogP contribution in [0.1, 0.15) is 25.2 Å². The third-order valence-electron chi connectivity index (χ3n) is 3.04. The molecule has 2 rings (SSSR count).